The average Bonchev–Trinajstić information content (AvgIpc) is 2.80. The number of halogens is 2. The molecule has 0 radical (unpaired) electrons. The second kappa shape index (κ2) is 5.56. The minimum atomic E-state index is -0.284. The van der Waals surface area contributed by atoms with E-state index in [0.717, 1.165) is 10.1 Å². The van der Waals surface area contributed by atoms with Crippen molar-refractivity contribution in [1.82, 2.24) is 0 Å². The van der Waals surface area contributed by atoms with Gasteiger partial charge in [-0.15, -0.1) is 11.3 Å². The number of fused-ring (bicyclic) bond motifs is 1. The van der Waals surface area contributed by atoms with E-state index in [4.69, 9.17) is 28.9 Å². The Morgan fingerprint density at radius 2 is 1.90 bits per heavy atom. The Kier molecular flexibility index (Phi) is 3.76. The smallest absolute Gasteiger partial charge is 0.267 e. The van der Waals surface area contributed by atoms with E-state index in [2.05, 4.69) is 5.32 Å². The number of thiophene rings is 1. The van der Waals surface area contributed by atoms with Crippen LogP contribution in [0.5, 0.6) is 0 Å². The van der Waals surface area contributed by atoms with Crippen molar-refractivity contribution < 1.29 is 4.79 Å². The zero-order valence-electron chi connectivity index (χ0n) is 10.7. The largest absolute Gasteiger partial charge is 0.399 e. The van der Waals surface area contributed by atoms with Gasteiger partial charge in [0.15, 0.2) is 0 Å². The Bertz CT molecular complexity index is 845. The summed E-state index contributed by atoms with van der Waals surface area (Å²) in [5, 5.41) is 4.48. The molecule has 3 nitrogen and oxygen atoms in total. The van der Waals surface area contributed by atoms with Crippen LogP contribution in [0.15, 0.2) is 42.5 Å². The molecule has 21 heavy (non-hydrogen) atoms. The van der Waals surface area contributed by atoms with Gasteiger partial charge in [0.2, 0.25) is 0 Å². The number of hydrogen-bond acceptors (Lipinski definition) is 3. The van der Waals surface area contributed by atoms with Gasteiger partial charge in [-0.05, 0) is 24.3 Å². The highest BCUT2D eigenvalue weighted by molar-refractivity contribution is 7.21. The molecule has 0 saturated heterocycles. The van der Waals surface area contributed by atoms with Crippen LogP contribution in [0.25, 0.3) is 10.1 Å². The van der Waals surface area contributed by atoms with E-state index >= 15 is 0 Å². The molecule has 2 aromatic carbocycles. The number of carbonyl (C=O) groups is 1. The van der Waals surface area contributed by atoms with Crippen LogP contribution in [-0.2, 0) is 0 Å². The van der Waals surface area contributed by atoms with E-state index in [1.54, 1.807) is 18.2 Å². The molecule has 0 aliphatic rings. The molecule has 3 aromatic rings. The molecule has 0 spiro atoms. The number of amides is 1. The lowest BCUT2D eigenvalue weighted by atomic mass is 10.2. The highest BCUT2D eigenvalue weighted by Crippen LogP contribution is 2.36. The SMILES string of the molecule is Nc1ccc(NC(=O)c2sc3ccccc3c2Cl)c(Cl)c1. The summed E-state index contributed by atoms with van der Waals surface area (Å²) in [6.07, 6.45) is 0. The number of anilines is 2. The second-order valence-corrected chi connectivity index (χ2v) is 6.27. The van der Waals surface area contributed by atoms with E-state index in [9.17, 15) is 4.79 Å². The lowest BCUT2D eigenvalue weighted by Gasteiger charge is -2.07. The quantitative estimate of drug-likeness (QED) is 0.644. The maximum Gasteiger partial charge on any atom is 0.267 e. The van der Waals surface area contributed by atoms with Gasteiger partial charge in [-0.2, -0.15) is 0 Å². The van der Waals surface area contributed by atoms with E-state index in [0.29, 0.717) is 26.3 Å². The van der Waals surface area contributed by atoms with Crippen LogP contribution in [0.1, 0.15) is 9.67 Å². The van der Waals surface area contributed by atoms with Gasteiger partial charge < -0.3 is 11.1 Å². The molecule has 0 fully saturated rings. The number of carbonyl (C=O) groups excluding carboxylic acids is 1. The van der Waals surface area contributed by atoms with Crippen LogP contribution in [0.2, 0.25) is 10.0 Å². The highest BCUT2D eigenvalue weighted by atomic mass is 35.5. The van der Waals surface area contributed by atoms with Gasteiger partial charge in [0.25, 0.3) is 5.91 Å². The third-order valence-corrected chi connectivity index (χ3v) is 4.97. The number of nitrogens with two attached hydrogens (primary N) is 1. The lowest BCUT2D eigenvalue weighted by Crippen LogP contribution is -2.11. The van der Waals surface area contributed by atoms with Crippen LogP contribution in [0, 0.1) is 0 Å². The van der Waals surface area contributed by atoms with E-state index in [1.165, 1.54) is 11.3 Å². The zero-order chi connectivity index (χ0) is 15.0. The average molecular weight is 337 g/mol. The summed E-state index contributed by atoms with van der Waals surface area (Å²) in [6, 6.07) is 12.5. The van der Waals surface area contributed by atoms with Gasteiger partial charge in [-0.1, -0.05) is 41.4 Å². The topological polar surface area (TPSA) is 55.1 Å². The van der Waals surface area contributed by atoms with Gasteiger partial charge in [-0.25, -0.2) is 0 Å². The molecule has 0 atom stereocenters. The van der Waals surface area contributed by atoms with Gasteiger partial charge in [0.05, 0.1) is 15.7 Å². The van der Waals surface area contributed by atoms with Crippen molar-refractivity contribution in [3.8, 4) is 0 Å². The molecule has 0 aliphatic carbocycles. The summed E-state index contributed by atoms with van der Waals surface area (Å²) >= 11 is 13.7. The van der Waals surface area contributed by atoms with Crippen LogP contribution in [0.4, 0.5) is 11.4 Å². The van der Waals surface area contributed by atoms with Crippen molar-refractivity contribution in [1.29, 1.82) is 0 Å². The minimum Gasteiger partial charge on any atom is -0.399 e. The predicted octanol–water partition coefficient (Wildman–Crippen LogP) is 5.04. The van der Waals surface area contributed by atoms with Gasteiger partial charge >= 0.3 is 0 Å². The van der Waals surface area contributed by atoms with E-state index in [-0.39, 0.29) is 5.91 Å². The highest BCUT2D eigenvalue weighted by Gasteiger charge is 2.17. The van der Waals surface area contributed by atoms with Crippen LogP contribution < -0.4 is 11.1 Å². The molecule has 1 aromatic heterocycles. The minimum absolute atomic E-state index is 0.284. The van der Waals surface area contributed by atoms with Gasteiger partial charge in [0, 0.05) is 15.8 Å². The maximum absolute atomic E-state index is 12.4. The summed E-state index contributed by atoms with van der Waals surface area (Å²) in [7, 11) is 0. The zero-order valence-corrected chi connectivity index (χ0v) is 13.0. The summed E-state index contributed by atoms with van der Waals surface area (Å²) in [6.45, 7) is 0. The molecule has 0 aliphatic heterocycles. The Morgan fingerprint density at radius 3 is 2.62 bits per heavy atom. The van der Waals surface area contributed by atoms with Crippen LogP contribution in [0.3, 0.4) is 0 Å². The van der Waals surface area contributed by atoms with E-state index in [1.807, 2.05) is 24.3 Å². The van der Waals surface area contributed by atoms with Crippen molar-refractivity contribution in [2.75, 3.05) is 11.1 Å². The first-order valence-electron chi connectivity index (χ1n) is 6.09. The number of benzene rings is 2. The maximum atomic E-state index is 12.4. The fraction of sp³-hybridized carbons (Fsp3) is 0. The predicted molar refractivity (Wildman–Crippen MR) is 90.7 cm³/mol. The Balaban J connectivity index is 1.95. The van der Waals surface area contributed by atoms with Crippen molar-refractivity contribution in [3.63, 3.8) is 0 Å². The molecule has 0 unspecified atom stereocenters. The first kappa shape index (κ1) is 14.2. The molecule has 0 saturated carbocycles. The molecule has 0 bridgehead atoms. The third kappa shape index (κ3) is 2.70. The second-order valence-electron chi connectivity index (χ2n) is 4.43. The van der Waals surface area contributed by atoms with Crippen molar-refractivity contribution >= 4 is 61.9 Å². The fourth-order valence-electron chi connectivity index (χ4n) is 1.97. The molecule has 6 heteroatoms. The van der Waals surface area contributed by atoms with Crippen molar-refractivity contribution in [3.05, 3.63) is 57.4 Å². The number of rotatable bonds is 2. The molecule has 1 heterocycles. The summed E-state index contributed by atoms with van der Waals surface area (Å²) in [4.78, 5) is 12.8. The summed E-state index contributed by atoms with van der Waals surface area (Å²) in [5.74, 6) is -0.284. The normalized spacial score (nSPS) is 10.8. The molecule has 3 rings (SSSR count). The number of nitrogen functional groups attached to an aromatic ring is 1. The molecule has 106 valence electrons. The lowest BCUT2D eigenvalue weighted by molar-refractivity contribution is 0.103. The van der Waals surface area contributed by atoms with Gasteiger partial charge in [-0.3, -0.25) is 4.79 Å². The Labute approximate surface area is 135 Å². The van der Waals surface area contributed by atoms with Crippen molar-refractivity contribution in [2.24, 2.45) is 0 Å². The first-order chi connectivity index (χ1) is 10.1. The molecule has 1 amide bonds. The first-order valence-corrected chi connectivity index (χ1v) is 7.67. The Morgan fingerprint density at radius 1 is 1.14 bits per heavy atom. The number of hydrogen-bond donors (Lipinski definition) is 2. The molecule has 3 N–H and O–H groups in total. The Hall–Kier alpha value is -1.75. The molecular formula is C15H10Cl2N2OS. The van der Waals surface area contributed by atoms with Crippen LogP contribution in [-0.4, -0.2) is 5.91 Å². The summed E-state index contributed by atoms with van der Waals surface area (Å²) < 4.78 is 0.969. The third-order valence-electron chi connectivity index (χ3n) is 2.98. The fourth-order valence-corrected chi connectivity index (χ4v) is 3.62. The monoisotopic (exact) mass is 336 g/mol. The molecular weight excluding hydrogens is 327 g/mol. The summed E-state index contributed by atoms with van der Waals surface area (Å²) in [5.41, 5.74) is 6.67. The van der Waals surface area contributed by atoms with Crippen LogP contribution >= 0.6 is 34.5 Å². The van der Waals surface area contributed by atoms with Gasteiger partial charge in [0.1, 0.15) is 4.88 Å². The number of nitrogens with one attached hydrogen (secondary N) is 1. The van der Waals surface area contributed by atoms with Crippen molar-refractivity contribution in [2.45, 2.75) is 0 Å². The standard InChI is InChI=1S/C15H10Cl2N2OS/c16-10-7-8(18)5-6-11(10)19-15(20)14-13(17)9-3-1-2-4-12(9)21-14/h1-7H,18H2,(H,19,20). The van der Waals surface area contributed by atoms with E-state index < -0.39 is 0 Å².